The zero-order chi connectivity index (χ0) is 7.44. The van der Waals surface area contributed by atoms with Crippen molar-refractivity contribution in [2.45, 2.75) is 49.5 Å². The van der Waals surface area contributed by atoms with Gasteiger partial charge in [0.05, 0.1) is 0 Å². The minimum Gasteiger partial charge on any atom is -0.0964 e. The molecule has 0 radical (unpaired) electrons. The van der Waals surface area contributed by atoms with Gasteiger partial charge in [0.15, 0.2) is 0 Å². The first-order valence-corrected chi connectivity index (χ1v) is 6.24. The summed E-state index contributed by atoms with van der Waals surface area (Å²) in [4.78, 5) is 0. The third-order valence-corrected chi connectivity index (χ3v) is 6.55. The quantitative estimate of drug-likeness (QED) is 0.530. The molecule has 0 aromatic heterocycles. The van der Waals surface area contributed by atoms with Crippen LogP contribution in [0, 0.1) is 0 Å². The van der Waals surface area contributed by atoms with Crippen LogP contribution in [-0.2, 0) is 0 Å². The van der Waals surface area contributed by atoms with Crippen molar-refractivity contribution in [3.8, 4) is 0 Å². The summed E-state index contributed by atoms with van der Waals surface area (Å²) in [6, 6.07) is 0. The number of rotatable bonds is 3. The summed E-state index contributed by atoms with van der Waals surface area (Å²) in [5.41, 5.74) is 0. The van der Waals surface area contributed by atoms with Crippen LogP contribution in [0.3, 0.4) is 0 Å². The molecule has 0 saturated carbocycles. The van der Waals surface area contributed by atoms with Crippen molar-refractivity contribution in [2.75, 3.05) is 0 Å². The molecule has 0 nitrogen and oxygen atoms in total. The van der Waals surface area contributed by atoms with Crippen molar-refractivity contribution in [1.29, 1.82) is 0 Å². The molecule has 0 aliphatic heterocycles. The van der Waals surface area contributed by atoms with E-state index >= 15 is 0 Å². The molecule has 0 unspecified atom stereocenters. The molecular weight excluding hydrogens is 123 g/mol. The van der Waals surface area contributed by atoms with Crippen molar-refractivity contribution >= 4 is 14.1 Å². The highest BCUT2D eigenvalue weighted by Gasteiger charge is 2.21. The van der Waals surface area contributed by atoms with Gasteiger partial charge in [-0.05, 0) is 0 Å². The third-order valence-electron chi connectivity index (χ3n) is 2.18. The molecule has 0 aliphatic carbocycles. The zero-order valence-electron chi connectivity index (χ0n) is 7.44. The fourth-order valence-electron chi connectivity index (χ4n) is 1.71. The topological polar surface area (TPSA) is 0 Å². The summed E-state index contributed by atoms with van der Waals surface area (Å²) in [5.74, 6) is 0. The van der Waals surface area contributed by atoms with Gasteiger partial charge in [0.25, 0.3) is 14.1 Å². The molecule has 0 aliphatic rings. The Morgan fingerprint density at radius 2 is 1.33 bits per heavy atom. The van der Waals surface area contributed by atoms with Crippen molar-refractivity contribution in [3.63, 3.8) is 0 Å². The highest BCUT2D eigenvalue weighted by molar-refractivity contribution is 6.61. The minimum atomic E-state index is -0.360. The fourth-order valence-corrected chi connectivity index (χ4v) is 5.14. The van der Waals surface area contributed by atoms with E-state index in [2.05, 4.69) is 34.6 Å². The fraction of sp³-hybridized carbons (Fsp3) is 1.00. The van der Waals surface area contributed by atoms with Crippen LogP contribution in [-0.4, -0.2) is 14.1 Å². The number of hydrogen-bond donors (Lipinski definition) is 0. The smallest absolute Gasteiger partial charge is 0.0964 e. The highest BCUT2D eigenvalue weighted by atomic mass is 27.2. The van der Waals surface area contributed by atoms with E-state index < -0.39 is 0 Å². The van der Waals surface area contributed by atoms with E-state index in [1.165, 1.54) is 5.28 Å². The summed E-state index contributed by atoms with van der Waals surface area (Å²) in [6.45, 7) is 11.8. The zero-order valence-corrected chi connectivity index (χ0v) is 8.59. The molecular formula is C8H19Al. The van der Waals surface area contributed by atoms with Gasteiger partial charge >= 0.3 is 0 Å². The number of hydrogen-bond acceptors (Lipinski definition) is 0. The van der Waals surface area contributed by atoms with E-state index in [1.807, 2.05) is 0 Å². The molecule has 0 atom stereocenters. The second kappa shape index (κ2) is 4.36. The Hall–Kier alpha value is 0.532. The Morgan fingerprint density at radius 1 is 1.00 bits per heavy atom. The van der Waals surface area contributed by atoms with Crippen molar-refractivity contribution < 1.29 is 0 Å². The maximum atomic E-state index is 2.38. The molecule has 0 N–H and O–H groups in total. The molecule has 0 fully saturated rings. The first-order chi connectivity index (χ1) is 4.09. The van der Waals surface area contributed by atoms with Gasteiger partial charge in [-0.15, -0.1) is 0 Å². The van der Waals surface area contributed by atoms with E-state index in [0.29, 0.717) is 0 Å². The molecule has 0 aromatic carbocycles. The molecule has 0 spiro atoms. The summed E-state index contributed by atoms with van der Waals surface area (Å²) in [7, 11) is 0. The molecule has 0 amide bonds. The van der Waals surface area contributed by atoms with E-state index in [-0.39, 0.29) is 14.1 Å². The molecule has 0 rings (SSSR count). The molecule has 0 aromatic rings. The predicted octanol–water partition coefficient (Wildman–Crippen LogP) is 3.32. The lowest BCUT2D eigenvalue weighted by Gasteiger charge is -2.16. The summed E-state index contributed by atoms with van der Waals surface area (Å²) < 4.78 is 1.99. The van der Waals surface area contributed by atoms with Crippen LogP contribution in [0.25, 0.3) is 0 Å². The lowest BCUT2D eigenvalue weighted by molar-refractivity contribution is 0.923. The lowest BCUT2D eigenvalue weighted by atomic mass is 10.5. The van der Waals surface area contributed by atoms with Crippen LogP contribution >= 0.6 is 0 Å². The van der Waals surface area contributed by atoms with E-state index in [1.54, 1.807) is 0 Å². The second-order valence-electron chi connectivity index (χ2n) is 3.56. The van der Waals surface area contributed by atoms with Gasteiger partial charge in [0, 0.05) is 0 Å². The Balaban J connectivity index is 3.68. The van der Waals surface area contributed by atoms with Gasteiger partial charge in [0.1, 0.15) is 0 Å². The minimum absolute atomic E-state index is 0.360. The van der Waals surface area contributed by atoms with Gasteiger partial charge in [0.2, 0.25) is 0 Å². The average Bonchev–Trinajstić information content (AvgIpc) is 1.64. The standard InChI is InChI=1S/2C3H7.C2H5.Al/c2*1-3-2;1-2;/h2*3H,1-2H3;1H2,2H3;. The average molecular weight is 142 g/mol. The normalized spacial score (nSPS) is 11.0. The summed E-state index contributed by atoms with van der Waals surface area (Å²) >= 11 is -0.360. The molecule has 0 heterocycles. The molecule has 54 valence electrons. The first kappa shape index (κ1) is 9.53. The Bertz CT molecular complexity index is 59.0. The van der Waals surface area contributed by atoms with E-state index in [4.69, 9.17) is 0 Å². The van der Waals surface area contributed by atoms with Crippen LogP contribution < -0.4 is 0 Å². The maximum absolute atomic E-state index is 2.38. The van der Waals surface area contributed by atoms with Gasteiger partial charge < -0.3 is 0 Å². The predicted molar refractivity (Wildman–Crippen MR) is 46.4 cm³/mol. The summed E-state index contributed by atoms with van der Waals surface area (Å²) in [5, 5.41) is 1.47. The van der Waals surface area contributed by atoms with Crippen LogP contribution in [0.15, 0.2) is 0 Å². The molecule has 0 saturated heterocycles. The van der Waals surface area contributed by atoms with Gasteiger partial charge in [-0.2, -0.15) is 0 Å². The molecule has 0 bridgehead atoms. The van der Waals surface area contributed by atoms with Crippen LogP contribution in [0.2, 0.25) is 14.8 Å². The van der Waals surface area contributed by atoms with E-state index in [0.717, 1.165) is 9.56 Å². The molecule has 9 heavy (non-hydrogen) atoms. The molecule has 1 heteroatoms. The van der Waals surface area contributed by atoms with Gasteiger partial charge in [-0.25, -0.2) is 0 Å². The summed E-state index contributed by atoms with van der Waals surface area (Å²) in [6.07, 6.45) is 0. The van der Waals surface area contributed by atoms with Crippen molar-refractivity contribution in [2.24, 2.45) is 0 Å². The largest absolute Gasteiger partial charge is 0.267 e. The Morgan fingerprint density at radius 3 is 1.33 bits per heavy atom. The van der Waals surface area contributed by atoms with Crippen LogP contribution in [0.1, 0.15) is 34.6 Å². The van der Waals surface area contributed by atoms with E-state index in [9.17, 15) is 0 Å². The Labute approximate surface area is 64.0 Å². The Kier molecular flexibility index (Phi) is 4.62. The third kappa shape index (κ3) is 3.28. The highest BCUT2D eigenvalue weighted by Crippen LogP contribution is 2.22. The maximum Gasteiger partial charge on any atom is 0.267 e. The van der Waals surface area contributed by atoms with Crippen LogP contribution in [0.5, 0.6) is 0 Å². The lowest BCUT2D eigenvalue weighted by Crippen LogP contribution is -2.18. The van der Waals surface area contributed by atoms with Gasteiger partial charge in [-0.3, -0.25) is 0 Å². The SMILES string of the molecule is C[CH2][Al]([CH](C)C)[CH](C)C. The van der Waals surface area contributed by atoms with Crippen molar-refractivity contribution in [1.82, 2.24) is 0 Å². The van der Waals surface area contributed by atoms with Crippen LogP contribution in [0.4, 0.5) is 0 Å². The van der Waals surface area contributed by atoms with Gasteiger partial charge in [-0.1, -0.05) is 49.5 Å². The second-order valence-corrected chi connectivity index (χ2v) is 8.37. The monoisotopic (exact) mass is 142 g/mol. The van der Waals surface area contributed by atoms with Crippen molar-refractivity contribution in [3.05, 3.63) is 0 Å². The first-order valence-electron chi connectivity index (χ1n) is 4.09.